The Morgan fingerprint density at radius 3 is 2.56 bits per heavy atom. The monoisotopic (exact) mass is 275 g/mol. The van der Waals surface area contributed by atoms with Crippen LogP contribution in [0.4, 0.5) is 0 Å². The van der Waals surface area contributed by atoms with E-state index in [1.54, 1.807) is 0 Å². The number of rotatable bonds is 8. The molecule has 0 aliphatic heterocycles. The number of hydrogen-bond donors (Lipinski definition) is 2. The molecule has 1 aromatic carbocycles. The summed E-state index contributed by atoms with van der Waals surface area (Å²) in [5, 5.41) is 0. The standard InChI is InChI=1S/C11H18NO5P/c1-18(13,14)17-11(9-16-12)8-15-7-10-5-3-2-4-6-10/h2-6,11H,7-9,12H2,1H3,(H,13,14). The summed E-state index contributed by atoms with van der Waals surface area (Å²) in [7, 11) is -3.58. The minimum absolute atomic E-state index is 0.00677. The van der Waals surface area contributed by atoms with Crippen LogP contribution in [0.25, 0.3) is 0 Å². The highest BCUT2D eigenvalue weighted by Crippen LogP contribution is 2.38. The van der Waals surface area contributed by atoms with Gasteiger partial charge in [-0.2, -0.15) is 0 Å². The molecule has 0 saturated heterocycles. The first-order valence-electron chi connectivity index (χ1n) is 5.43. The van der Waals surface area contributed by atoms with Crippen molar-refractivity contribution in [2.24, 2.45) is 5.90 Å². The molecular weight excluding hydrogens is 257 g/mol. The van der Waals surface area contributed by atoms with Crippen molar-refractivity contribution in [3.05, 3.63) is 35.9 Å². The molecule has 6 nitrogen and oxygen atoms in total. The second kappa shape index (κ2) is 7.63. The second-order valence-corrected chi connectivity index (χ2v) is 5.68. The molecule has 0 amide bonds. The zero-order chi connectivity index (χ0) is 13.4. The third kappa shape index (κ3) is 6.86. The molecule has 7 heteroatoms. The SMILES string of the molecule is CP(=O)(O)OC(CON)COCc1ccccc1. The van der Waals surface area contributed by atoms with E-state index >= 15 is 0 Å². The zero-order valence-electron chi connectivity index (χ0n) is 10.2. The summed E-state index contributed by atoms with van der Waals surface area (Å²) in [6.45, 7) is 1.62. The Balaban J connectivity index is 2.36. The molecule has 0 radical (unpaired) electrons. The van der Waals surface area contributed by atoms with Gasteiger partial charge in [-0.25, -0.2) is 5.90 Å². The van der Waals surface area contributed by atoms with E-state index in [-0.39, 0.29) is 13.2 Å². The lowest BCUT2D eigenvalue weighted by molar-refractivity contribution is -0.0151. The molecule has 1 aromatic rings. The van der Waals surface area contributed by atoms with Crippen molar-refractivity contribution in [3.63, 3.8) is 0 Å². The Hall–Kier alpha value is -0.750. The van der Waals surface area contributed by atoms with Gasteiger partial charge >= 0.3 is 7.60 Å². The zero-order valence-corrected chi connectivity index (χ0v) is 11.1. The summed E-state index contributed by atoms with van der Waals surface area (Å²) in [6.07, 6.45) is -0.667. The molecule has 2 atom stereocenters. The Labute approximate surface area is 106 Å². The van der Waals surface area contributed by atoms with E-state index < -0.39 is 13.7 Å². The highest BCUT2D eigenvalue weighted by Gasteiger charge is 2.19. The quantitative estimate of drug-likeness (QED) is 0.549. The van der Waals surface area contributed by atoms with E-state index in [0.717, 1.165) is 12.2 Å². The average Bonchev–Trinajstić information content (AvgIpc) is 2.28. The topological polar surface area (TPSA) is 91.0 Å². The van der Waals surface area contributed by atoms with E-state index in [1.807, 2.05) is 30.3 Å². The van der Waals surface area contributed by atoms with Crippen molar-refractivity contribution >= 4 is 7.60 Å². The third-order valence-corrected chi connectivity index (χ3v) is 2.73. The molecule has 0 fully saturated rings. The van der Waals surface area contributed by atoms with Gasteiger partial charge in [-0.15, -0.1) is 0 Å². The van der Waals surface area contributed by atoms with Crippen molar-refractivity contribution < 1.29 is 23.6 Å². The van der Waals surface area contributed by atoms with E-state index in [2.05, 4.69) is 4.84 Å². The molecule has 0 bridgehead atoms. The van der Waals surface area contributed by atoms with Gasteiger partial charge in [-0.3, -0.25) is 4.57 Å². The summed E-state index contributed by atoms with van der Waals surface area (Å²) in [6, 6.07) is 9.57. The first-order chi connectivity index (χ1) is 8.51. The number of hydrogen-bond acceptors (Lipinski definition) is 5. The third-order valence-electron chi connectivity index (χ3n) is 2.04. The molecule has 3 N–H and O–H groups in total. The molecule has 0 aromatic heterocycles. The summed E-state index contributed by atoms with van der Waals surface area (Å²) in [4.78, 5) is 13.5. The Morgan fingerprint density at radius 2 is 2.00 bits per heavy atom. The fourth-order valence-electron chi connectivity index (χ4n) is 1.38. The normalized spacial score (nSPS) is 16.2. The van der Waals surface area contributed by atoms with Crippen LogP contribution in [0.5, 0.6) is 0 Å². The Kier molecular flexibility index (Phi) is 6.49. The van der Waals surface area contributed by atoms with Crippen LogP contribution in [0, 0.1) is 0 Å². The van der Waals surface area contributed by atoms with Gasteiger partial charge in [-0.05, 0) is 5.56 Å². The maximum Gasteiger partial charge on any atom is 0.325 e. The molecule has 0 heterocycles. The molecule has 102 valence electrons. The van der Waals surface area contributed by atoms with Crippen LogP contribution in [-0.4, -0.2) is 30.9 Å². The minimum atomic E-state index is -3.58. The summed E-state index contributed by atoms with van der Waals surface area (Å²) in [5.41, 5.74) is 1.01. The molecule has 0 aliphatic carbocycles. The van der Waals surface area contributed by atoms with E-state index in [4.69, 9.17) is 20.1 Å². The van der Waals surface area contributed by atoms with E-state index in [9.17, 15) is 4.57 Å². The van der Waals surface area contributed by atoms with Gasteiger partial charge in [0.2, 0.25) is 0 Å². The van der Waals surface area contributed by atoms with Gasteiger partial charge < -0.3 is 19.0 Å². The highest BCUT2D eigenvalue weighted by molar-refractivity contribution is 7.51. The molecule has 2 unspecified atom stereocenters. The van der Waals surface area contributed by atoms with Gasteiger partial charge in [0, 0.05) is 6.66 Å². The van der Waals surface area contributed by atoms with Crippen molar-refractivity contribution in [1.82, 2.24) is 0 Å². The first-order valence-corrected chi connectivity index (χ1v) is 7.46. The Bertz CT molecular complexity index is 380. The van der Waals surface area contributed by atoms with Gasteiger partial charge in [0.05, 0.1) is 19.8 Å². The smallest absolute Gasteiger partial charge is 0.325 e. The predicted molar refractivity (Wildman–Crippen MR) is 66.9 cm³/mol. The van der Waals surface area contributed by atoms with Crippen molar-refractivity contribution in [1.29, 1.82) is 0 Å². The maximum absolute atomic E-state index is 11.1. The van der Waals surface area contributed by atoms with Gasteiger partial charge in [0.15, 0.2) is 0 Å². The average molecular weight is 275 g/mol. The number of nitrogens with two attached hydrogens (primary N) is 1. The second-order valence-electron chi connectivity index (χ2n) is 3.86. The highest BCUT2D eigenvalue weighted by atomic mass is 31.2. The summed E-state index contributed by atoms with van der Waals surface area (Å²) in [5.74, 6) is 4.92. The fraction of sp³-hybridized carbons (Fsp3) is 0.455. The first kappa shape index (κ1) is 15.3. The van der Waals surface area contributed by atoms with Crippen LogP contribution in [0.3, 0.4) is 0 Å². The van der Waals surface area contributed by atoms with Gasteiger partial charge in [0.25, 0.3) is 0 Å². The minimum Gasteiger partial charge on any atom is -0.374 e. The Morgan fingerprint density at radius 1 is 1.33 bits per heavy atom. The van der Waals surface area contributed by atoms with Crippen molar-refractivity contribution in [2.75, 3.05) is 19.9 Å². The molecule has 0 saturated carbocycles. The molecular formula is C11H18NO5P. The molecule has 0 aliphatic rings. The van der Waals surface area contributed by atoms with Crippen LogP contribution < -0.4 is 5.90 Å². The molecule has 1 rings (SSSR count). The lowest BCUT2D eigenvalue weighted by Gasteiger charge is -2.18. The lowest BCUT2D eigenvalue weighted by Crippen LogP contribution is -2.26. The van der Waals surface area contributed by atoms with Crippen LogP contribution in [0.2, 0.25) is 0 Å². The lowest BCUT2D eigenvalue weighted by atomic mass is 10.2. The number of ether oxygens (including phenoxy) is 1. The molecule has 0 spiro atoms. The maximum atomic E-state index is 11.1. The van der Waals surface area contributed by atoms with Crippen LogP contribution in [-0.2, 0) is 25.3 Å². The van der Waals surface area contributed by atoms with Crippen molar-refractivity contribution in [3.8, 4) is 0 Å². The fourth-order valence-corrected chi connectivity index (χ4v) is 2.05. The number of benzene rings is 1. The van der Waals surface area contributed by atoms with Crippen LogP contribution in [0.1, 0.15) is 5.56 Å². The predicted octanol–water partition coefficient (Wildman–Crippen LogP) is 1.29. The molecule has 18 heavy (non-hydrogen) atoms. The summed E-state index contributed by atoms with van der Waals surface area (Å²) >= 11 is 0. The largest absolute Gasteiger partial charge is 0.374 e. The van der Waals surface area contributed by atoms with Crippen LogP contribution >= 0.6 is 7.60 Å². The van der Waals surface area contributed by atoms with E-state index in [1.165, 1.54) is 0 Å². The van der Waals surface area contributed by atoms with Gasteiger partial charge in [-0.1, -0.05) is 30.3 Å². The van der Waals surface area contributed by atoms with Crippen LogP contribution in [0.15, 0.2) is 30.3 Å². The van der Waals surface area contributed by atoms with Gasteiger partial charge in [0.1, 0.15) is 6.10 Å². The summed E-state index contributed by atoms with van der Waals surface area (Å²) < 4.78 is 21.4. The van der Waals surface area contributed by atoms with E-state index in [0.29, 0.717) is 6.61 Å². The van der Waals surface area contributed by atoms with Crippen molar-refractivity contribution in [2.45, 2.75) is 12.7 Å².